The zero-order valence-electron chi connectivity index (χ0n) is 8.01. The van der Waals surface area contributed by atoms with Crippen LogP contribution in [-0.2, 0) is 0 Å². The van der Waals surface area contributed by atoms with E-state index < -0.39 is 5.95 Å². The van der Waals surface area contributed by atoms with Crippen molar-refractivity contribution in [2.45, 2.75) is 17.0 Å². The van der Waals surface area contributed by atoms with Gasteiger partial charge >= 0.3 is 0 Å². The number of aromatic nitrogens is 3. The van der Waals surface area contributed by atoms with Crippen molar-refractivity contribution < 1.29 is 4.39 Å². The Kier molecular flexibility index (Phi) is 2.91. The van der Waals surface area contributed by atoms with Crippen molar-refractivity contribution in [1.82, 2.24) is 15.0 Å². The van der Waals surface area contributed by atoms with E-state index in [1.54, 1.807) is 6.20 Å². The first-order valence-electron chi connectivity index (χ1n) is 4.33. The topological polar surface area (TPSA) is 38.7 Å². The minimum absolute atomic E-state index is 0.527. The summed E-state index contributed by atoms with van der Waals surface area (Å²) in [6.45, 7) is 1.95. The van der Waals surface area contributed by atoms with Gasteiger partial charge in [-0.3, -0.25) is 0 Å². The number of halogens is 1. The summed E-state index contributed by atoms with van der Waals surface area (Å²) in [6.07, 6.45) is 2.91. The van der Waals surface area contributed by atoms with Gasteiger partial charge in [-0.25, -0.2) is 15.0 Å². The minimum Gasteiger partial charge on any atom is -0.249 e. The van der Waals surface area contributed by atoms with Gasteiger partial charge in [0.25, 0.3) is 0 Å². The molecule has 3 nitrogen and oxygen atoms in total. The molecule has 0 fully saturated rings. The second-order valence-electron chi connectivity index (χ2n) is 2.91. The van der Waals surface area contributed by atoms with Crippen LogP contribution in [0.25, 0.3) is 0 Å². The van der Waals surface area contributed by atoms with Crippen molar-refractivity contribution in [3.05, 3.63) is 42.2 Å². The summed E-state index contributed by atoms with van der Waals surface area (Å²) in [5, 5.41) is 1.39. The lowest BCUT2D eigenvalue weighted by Crippen LogP contribution is -1.89. The highest BCUT2D eigenvalue weighted by Crippen LogP contribution is 2.26. The molecule has 2 aromatic rings. The fraction of sp³-hybridized carbons (Fsp3) is 0.100. The highest BCUT2D eigenvalue weighted by molar-refractivity contribution is 7.99. The number of pyridine rings is 1. The third kappa shape index (κ3) is 2.50. The first kappa shape index (κ1) is 10.0. The molecule has 15 heavy (non-hydrogen) atoms. The SMILES string of the molecule is Cc1cccnc1Sc1cc(F)ncn1. The second kappa shape index (κ2) is 4.35. The normalized spacial score (nSPS) is 10.3. The van der Waals surface area contributed by atoms with E-state index in [0.717, 1.165) is 10.6 Å². The quantitative estimate of drug-likeness (QED) is 0.730. The molecule has 2 heterocycles. The summed E-state index contributed by atoms with van der Waals surface area (Å²) >= 11 is 1.33. The first-order valence-corrected chi connectivity index (χ1v) is 5.14. The van der Waals surface area contributed by atoms with Gasteiger partial charge in [-0.1, -0.05) is 6.07 Å². The maximum absolute atomic E-state index is 12.8. The lowest BCUT2D eigenvalue weighted by atomic mass is 10.3. The lowest BCUT2D eigenvalue weighted by Gasteiger charge is -2.02. The van der Waals surface area contributed by atoms with Gasteiger partial charge in [0.2, 0.25) is 5.95 Å². The van der Waals surface area contributed by atoms with E-state index in [-0.39, 0.29) is 0 Å². The zero-order chi connectivity index (χ0) is 10.7. The van der Waals surface area contributed by atoms with E-state index in [9.17, 15) is 4.39 Å². The summed E-state index contributed by atoms with van der Waals surface area (Å²) in [6, 6.07) is 5.10. The minimum atomic E-state index is -0.527. The van der Waals surface area contributed by atoms with E-state index in [2.05, 4.69) is 15.0 Å². The second-order valence-corrected chi connectivity index (χ2v) is 3.92. The standard InChI is InChI=1S/C10H8FN3S/c1-7-3-2-4-12-10(7)15-9-5-8(11)13-6-14-9/h2-6H,1H3. The van der Waals surface area contributed by atoms with Crippen LogP contribution in [0.4, 0.5) is 4.39 Å². The Balaban J connectivity index is 2.26. The summed E-state index contributed by atoms with van der Waals surface area (Å²) < 4.78 is 12.8. The van der Waals surface area contributed by atoms with Crippen molar-refractivity contribution in [3.63, 3.8) is 0 Å². The first-order chi connectivity index (χ1) is 7.25. The molecule has 2 aromatic heterocycles. The summed E-state index contributed by atoms with van der Waals surface area (Å²) in [5.41, 5.74) is 1.04. The molecule has 5 heteroatoms. The van der Waals surface area contributed by atoms with Gasteiger partial charge in [-0.2, -0.15) is 4.39 Å². The number of hydrogen-bond donors (Lipinski definition) is 0. The molecular formula is C10H8FN3S. The van der Waals surface area contributed by atoms with Crippen molar-refractivity contribution in [2.75, 3.05) is 0 Å². The Morgan fingerprint density at radius 3 is 2.87 bits per heavy atom. The van der Waals surface area contributed by atoms with Crippen LogP contribution >= 0.6 is 11.8 Å². The third-order valence-electron chi connectivity index (χ3n) is 1.77. The molecule has 0 atom stereocenters. The summed E-state index contributed by atoms with van der Waals surface area (Å²) in [7, 11) is 0. The molecule has 0 aliphatic carbocycles. The van der Waals surface area contributed by atoms with Gasteiger partial charge < -0.3 is 0 Å². The zero-order valence-corrected chi connectivity index (χ0v) is 8.83. The lowest BCUT2D eigenvalue weighted by molar-refractivity contribution is 0.572. The number of rotatable bonds is 2. The van der Waals surface area contributed by atoms with Crippen molar-refractivity contribution in [1.29, 1.82) is 0 Å². The van der Waals surface area contributed by atoms with Crippen LogP contribution in [0.15, 0.2) is 40.8 Å². The average molecular weight is 221 g/mol. The predicted octanol–water partition coefficient (Wildman–Crippen LogP) is 2.47. The molecule has 0 amide bonds. The van der Waals surface area contributed by atoms with Gasteiger partial charge in [-0.05, 0) is 30.3 Å². The molecule has 2 rings (SSSR count). The highest BCUT2D eigenvalue weighted by atomic mass is 32.2. The Hall–Kier alpha value is -1.49. The fourth-order valence-electron chi connectivity index (χ4n) is 1.05. The van der Waals surface area contributed by atoms with Crippen molar-refractivity contribution in [3.8, 4) is 0 Å². The van der Waals surface area contributed by atoms with Crippen molar-refractivity contribution in [2.24, 2.45) is 0 Å². The van der Waals surface area contributed by atoms with Crippen LogP contribution in [0.3, 0.4) is 0 Å². The van der Waals surface area contributed by atoms with Crippen LogP contribution in [0, 0.1) is 12.9 Å². The molecule has 0 aromatic carbocycles. The maximum atomic E-state index is 12.8. The molecule has 0 saturated carbocycles. The van der Waals surface area contributed by atoms with Crippen LogP contribution < -0.4 is 0 Å². The Labute approximate surface area is 90.8 Å². The average Bonchev–Trinajstić information content (AvgIpc) is 2.22. The van der Waals surface area contributed by atoms with Gasteiger partial charge in [0.15, 0.2) is 0 Å². The van der Waals surface area contributed by atoms with Crippen molar-refractivity contribution >= 4 is 11.8 Å². The van der Waals surface area contributed by atoms with Crippen LogP contribution in [0.2, 0.25) is 0 Å². The Morgan fingerprint density at radius 2 is 2.13 bits per heavy atom. The predicted molar refractivity (Wildman–Crippen MR) is 55.1 cm³/mol. The fourth-order valence-corrected chi connectivity index (χ4v) is 1.85. The molecule has 0 radical (unpaired) electrons. The third-order valence-corrected chi connectivity index (χ3v) is 2.82. The monoisotopic (exact) mass is 221 g/mol. The highest BCUT2D eigenvalue weighted by Gasteiger charge is 2.04. The maximum Gasteiger partial charge on any atom is 0.217 e. The molecule has 0 unspecified atom stereocenters. The molecule has 0 N–H and O–H groups in total. The number of hydrogen-bond acceptors (Lipinski definition) is 4. The molecular weight excluding hydrogens is 213 g/mol. The molecule has 0 aliphatic heterocycles. The van der Waals surface area contributed by atoms with Crippen LogP contribution in [0.1, 0.15) is 5.56 Å². The summed E-state index contributed by atoms with van der Waals surface area (Å²) in [4.78, 5) is 11.5. The van der Waals surface area contributed by atoms with E-state index in [0.29, 0.717) is 5.03 Å². The van der Waals surface area contributed by atoms with E-state index in [1.807, 2.05) is 19.1 Å². The molecule has 76 valence electrons. The van der Waals surface area contributed by atoms with Crippen LogP contribution in [-0.4, -0.2) is 15.0 Å². The Morgan fingerprint density at radius 1 is 1.27 bits per heavy atom. The molecule has 0 saturated heterocycles. The van der Waals surface area contributed by atoms with E-state index in [4.69, 9.17) is 0 Å². The Bertz CT molecular complexity index is 476. The molecule has 0 spiro atoms. The number of aryl methyl sites for hydroxylation is 1. The largest absolute Gasteiger partial charge is 0.249 e. The van der Waals surface area contributed by atoms with E-state index in [1.165, 1.54) is 24.2 Å². The smallest absolute Gasteiger partial charge is 0.217 e. The number of nitrogens with zero attached hydrogens (tertiary/aromatic N) is 3. The van der Waals surface area contributed by atoms with E-state index >= 15 is 0 Å². The van der Waals surface area contributed by atoms with Gasteiger partial charge in [-0.15, -0.1) is 0 Å². The van der Waals surface area contributed by atoms with Crippen LogP contribution in [0.5, 0.6) is 0 Å². The van der Waals surface area contributed by atoms with Gasteiger partial charge in [0, 0.05) is 12.3 Å². The van der Waals surface area contributed by atoms with Gasteiger partial charge in [0.1, 0.15) is 16.4 Å². The van der Waals surface area contributed by atoms with Gasteiger partial charge in [0.05, 0.1) is 0 Å². The molecule has 0 bridgehead atoms. The summed E-state index contributed by atoms with van der Waals surface area (Å²) in [5.74, 6) is -0.527. The molecule has 0 aliphatic rings.